The fraction of sp³-hybridized carbons (Fsp3) is 0.364. The van der Waals surface area contributed by atoms with E-state index in [1.54, 1.807) is 43.3 Å². The molecule has 0 aliphatic carbocycles. The van der Waals surface area contributed by atoms with Crippen LogP contribution in [0.15, 0.2) is 42.5 Å². The zero-order valence-corrected chi connectivity index (χ0v) is 17.0. The first-order valence-corrected chi connectivity index (χ1v) is 10.1. The lowest BCUT2D eigenvalue weighted by atomic mass is 9.95. The summed E-state index contributed by atoms with van der Waals surface area (Å²) in [5.74, 6) is -0.925. The van der Waals surface area contributed by atoms with Crippen LogP contribution in [-0.4, -0.2) is 36.5 Å². The largest absolute Gasteiger partial charge is 0.462 e. The van der Waals surface area contributed by atoms with Gasteiger partial charge in [-0.25, -0.2) is 9.18 Å². The highest BCUT2D eigenvalue weighted by molar-refractivity contribution is 6.31. The second-order valence-electron chi connectivity index (χ2n) is 7.04. The number of piperidine rings is 1. The zero-order valence-electron chi connectivity index (χ0n) is 16.3. The molecule has 1 N–H and O–H groups in total. The van der Waals surface area contributed by atoms with Gasteiger partial charge in [0.05, 0.1) is 12.2 Å². The predicted molar refractivity (Wildman–Crippen MR) is 110 cm³/mol. The van der Waals surface area contributed by atoms with E-state index in [-0.39, 0.29) is 17.6 Å². The summed E-state index contributed by atoms with van der Waals surface area (Å²) in [4.78, 5) is 26.6. The number of amides is 1. The van der Waals surface area contributed by atoms with Crippen molar-refractivity contribution in [2.75, 3.05) is 25.0 Å². The van der Waals surface area contributed by atoms with Crippen LogP contribution in [0.4, 0.5) is 10.1 Å². The van der Waals surface area contributed by atoms with Gasteiger partial charge in [-0.15, -0.1) is 0 Å². The standard InChI is InChI=1S/C22H24ClFN2O3/c1-2-29-22(28)16-5-3-6-17(13-16)25-21(27)15-9-11-26(12-10-15)14-18-19(23)7-4-8-20(18)24/h3-8,13,15H,2,9-12,14H2,1H3,(H,25,27). The van der Waals surface area contributed by atoms with Crippen molar-refractivity contribution in [2.24, 2.45) is 5.92 Å². The summed E-state index contributed by atoms with van der Waals surface area (Å²) in [5, 5.41) is 3.31. The van der Waals surface area contributed by atoms with Crippen molar-refractivity contribution < 1.29 is 18.7 Å². The molecule has 0 bridgehead atoms. The Labute approximate surface area is 174 Å². The van der Waals surface area contributed by atoms with Crippen LogP contribution >= 0.6 is 11.6 Å². The summed E-state index contributed by atoms with van der Waals surface area (Å²) in [6.07, 6.45) is 1.35. The fourth-order valence-electron chi connectivity index (χ4n) is 3.44. The third-order valence-corrected chi connectivity index (χ3v) is 5.40. The van der Waals surface area contributed by atoms with Crippen LogP contribution < -0.4 is 5.32 Å². The lowest BCUT2D eigenvalue weighted by Gasteiger charge is -2.31. The van der Waals surface area contributed by atoms with Crippen molar-refractivity contribution >= 4 is 29.2 Å². The summed E-state index contributed by atoms with van der Waals surface area (Å²) in [5.41, 5.74) is 1.47. The lowest BCUT2D eigenvalue weighted by Crippen LogP contribution is -2.38. The van der Waals surface area contributed by atoms with E-state index in [0.717, 1.165) is 0 Å². The molecule has 7 heteroatoms. The minimum absolute atomic E-state index is 0.0745. The maximum Gasteiger partial charge on any atom is 0.338 e. The Bertz CT molecular complexity index is 862. The molecule has 0 saturated carbocycles. The minimum atomic E-state index is -0.413. The fourth-order valence-corrected chi connectivity index (χ4v) is 3.67. The van der Waals surface area contributed by atoms with Gasteiger partial charge in [0.15, 0.2) is 0 Å². The molecule has 3 rings (SSSR count). The van der Waals surface area contributed by atoms with Crippen LogP contribution in [0.1, 0.15) is 35.7 Å². The molecule has 2 aromatic rings. The quantitative estimate of drug-likeness (QED) is 0.701. The molecule has 0 unspecified atom stereocenters. The molecule has 0 aromatic heterocycles. The first-order chi connectivity index (χ1) is 14.0. The Hall–Kier alpha value is -2.44. The van der Waals surface area contributed by atoms with Gasteiger partial charge in [-0.2, -0.15) is 0 Å². The number of hydrogen-bond acceptors (Lipinski definition) is 4. The molecule has 1 saturated heterocycles. The van der Waals surface area contributed by atoms with Crippen molar-refractivity contribution in [3.8, 4) is 0 Å². The summed E-state index contributed by atoms with van der Waals surface area (Å²) < 4.78 is 19.0. The molecule has 1 amide bonds. The van der Waals surface area contributed by atoms with Crippen molar-refractivity contribution in [2.45, 2.75) is 26.3 Å². The number of esters is 1. The Morgan fingerprint density at radius 3 is 2.62 bits per heavy atom. The summed E-state index contributed by atoms with van der Waals surface area (Å²) >= 11 is 6.11. The first kappa shape index (κ1) is 21.3. The van der Waals surface area contributed by atoms with E-state index in [2.05, 4.69) is 10.2 Å². The Kier molecular flexibility index (Phi) is 7.23. The number of hydrogen-bond donors (Lipinski definition) is 1. The van der Waals surface area contributed by atoms with Gasteiger partial charge in [-0.1, -0.05) is 23.7 Å². The molecule has 154 valence electrons. The van der Waals surface area contributed by atoms with Crippen LogP contribution in [0.25, 0.3) is 0 Å². The van der Waals surface area contributed by atoms with Crippen molar-refractivity contribution in [1.29, 1.82) is 0 Å². The van der Waals surface area contributed by atoms with Crippen LogP contribution in [-0.2, 0) is 16.1 Å². The highest BCUT2D eigenvalue weighted by Crippen LogP contribution is 2.25. The van der Waals surface area contributed by atoms with Crippen LogP contribution in [0.3, 0.4) is 0 Å². The van der Waals surface area contributed by atoms with Crippen LogP contribution in [0.5, 0.6) is 0 Å². The molecule has 1 aliphatic heterocycles. The summed E-state index contributed by atoms with van der Waals surface area (Å²) in [7, 11) is 0. The smallest absolute Gasteiger partial charge is 0.338 e. The number of anilines is 1. The first-order valence-electron chi connectivity index (χ1n) is 9.71. The van der Waals surface area contributed by atoms with E-state index in [4.69, 9.17) is 16.3 Å². The van der Waals surface area contributed by atoms with Gasteiger partial charge in [0.1, 0.15) is 5.82 Å². The lowest BCUT2D eigenvalue weighted by molar-refractivity contribution is -0.121. The number of carbonyl (C=O) groups excluding carboxylic acids is 2. The molecular weight excluding hydrogens is 395 g/mol. The van der Waals surface area contributed by atoms with Gasteiger partial charge >= 0.3 is 5.97 Å². The number of nitrogens with one attached hydrogen (secondary N) is 1. The molecule has 0 spiro atoms. The highest BCUT2D eigenvalue weighted by atomic mass is 35.5. The molecule has 1 aliphatic rings. The number of halogens is 2. The van der Waals surface area contributed by atoms with Gasteiger partial charge in [0, 0.05) is 28.7 Å². The van der Waals surface area contributed by atoms with E-state index in [9.17, 15) is 14.0 Å². The van der Waals surface area contributed by atoms with Crippen molar-refractivity contribution in [3.63, 3.8) is 0 Å². The third kappa shape index (κ3) is 5.55. The average molecular weight is 419 g/mol. The van der Waals surface area contributed by atoms with E-state index < -0.39 is 5.97 Å². The molecule has 0 radical (unpaired) electrons. The van der Waals surface area contributed by atoms with E-state index in [0.29, 0.717) is 60.9 Å². The summed E-state index contributed by atoms with van der Waals surface area (Å²) in [6, 6.07) is 11.4. The van der Waals surface area contributed by atoms with Crippen LogP contribution in [0, 0.1) is 11.7 Å². The second-order valence-corrected chi connectivity index (χ2v) is 7.45. The number of ether oxygens (including phenoxy) is 1. The predicted octanol–water partition coefficient (Wildman–Crippen LogP) is 4.51. The minimum Gasteiger partial charge on any atom is -0.462 e. The SMILES string of the molecule is CCOC(=O)c1cccc(NC(=O)C2CCN(Cc3c(F)cccc3Cl)CC2)c1. The van der Waals surface area contributed by atoms with Crippen molar-refractivity contribution in [1.82, 2.24) is 4.90 Å². The summed E-state index contributed by atoms with van der Waals surface area (Å²) in [6.45, 7) is 3.85. The second kappa shape index (κ2) is 9.85. The highest BCUT2D eigenvalue weighted by Gasteiger charge is 2.26. The van der Waals surface area contributed by atoms with Gasteiger partial charge in [0.25, 0.3) is 0 Å². The Morgan fingerprint density at radius 2 is 1.93 bits per heavy atom. The maximum absolute atomic E-state index is 14.0. The van der Waals surface area contributed by atoms with Gasteiger partial charge < -0.3 is 10.1 Å². The number of benzene rings is 2. The van der Waals surface area contributed by atoms with E-state index >= 15 is 0 Å². The molecule has 1 heterocycles. The van der Waals surface area contributed by atoms with E-state index in [1.807, 2.05) is 0 Å². The number of carbonyl (C=O) groups is 2. The monoisotopic (exact) mass is 418 g/mol. The van der Waals surface area contributed by atoms with Gasteiger partial charge in [-0.05, 0) is 63.2 Å². The van der Waals surface area contributed by atoms with Crippen LogP contribution in [0.2, 0.25) is 5.02 Å². The third-order valence-electron chi connectivity index (χ3n) is 5.04. The number of nitrogens with zero attached hydrogens (tertiary/aromatic N) is 1. The normalized spacial score (nSPS) is 15.1. The molecule has 29 heavy (non-hydrogen) atoms. The maximum atomic E-state index is 14.0. The van der Waals surface area contributed by atoms with Crippen molar-refractivity contribution in [3.05, 3.63) is 64.4 Å². The topological polar surface area (TPSA) is 58.6 Å². The molecule has 1 fully saturated rings. The molecule has 5 nitrogen and oxygen atoms in total. The molecule has 2 aromatic carbocycles. The molecule has 0 atom stereocenters. The molecular formula is C22H24ClFN2O3. The van der Waals surface area contributed by atoms with E-state index in [1.165, 1.54) is 6.07 Å². The number of likely N-dealkylation sites (tertiary alicyclic amines) is 1. The average Bonchev–Trinajstić information content (AvgIpc) is 2.72. The Morgan fingerprint density at radius 1 is 1.21 bits per heavy atom. The zero-order chi connectivity index (χ0) is 20.8. The number of rotatable bonds is 6. The Balaban J connectivity index is 1.54. The van der Waals surface area contributed by atoms with Gasteiger partial charge in [0.2, 0.25) is 5.91 Å². The van der Waals surface area contributed by atoms with Gasteiger partial charge in [-0.3, -0.25) is 9.69 Å².